The Hall–Kier alpha value is -6.25. The van der Waals surface area contributed by atoms with E-state index >= 15 is 9.18 Å². The van der Waals surface area contributed by atoms with E-state index in [1.807, 2.05) is 22.5 Å². The van der Waals surface area contributed by atoms with Crippen molar-refractivity contribution in [1.29, 1.82) is 0 Å². The van der Waals surface area contributed by atoms with Gasteiger partial charge >= 0.3 is 11.4 Å². The van der Waals surface area contributed by atoms with E-state index in [-0.39, 0.29) is 17.6 Å². The monoisotopic (exact) mass is 873 g/mol. The predicted octanol–water partition coefficient (Wildman–Crippen LogP) is 6.47. The highest BCUT2D eigenvalue weighted by Gasteiger charge is 2.59. The third-order valence-electron chi connectivity index (χ3n) is 13.5. The summed E-state index contributed by atoms with van der Waals surface area (Å²) in [5.41, 5.74) is 11.1. The number of H-pyrrole nitrogens is 1. The van der Waals surface area contributed by atoms with Crippen molar-refractivity contribution >= 4 is 34.9 Å². The molecule has 6 heterocycles. The summed E-state index contributed by atoms with van der Waals surface area (Å²) in [6.07, 6.45) is 6.10. The highest BCUT2D eigenvalue weighted by molar-refractivity contribution is 7.70. The fraction of sp³-hybridized carbons (Fsp3) is 0.370. The van der Waals surface area contributed by atoms with Crippen molar-refractivity contribution in [2.24, 2.45) is 5.92 Å². The van der Waals surface area contributed by atoms with Crippen LogP contribution in [0.15, 0.2) is 81.1 Å². The average molecular weight is 874 g/mol. The zero-order valence-electron chi connectivity index (χ0n) is 36.0. The van der Waals surface area contributed by atoms with Crippen LogP contribution in [0.4, 0.5) is 10.1 Å². The highest BCUT2D eigenvalue weighted by Crippen LogP contribution is 2.56. The summed E-state index contributed by atoms with van der Waals surface area (Å²) in [7, 11) is -2.68. The van der Waals surface area contributed by atoms with Crippen LogP contribution in [0.2, 0.25) is 0 Å². The number of carbonyl (C=O) groups excluding carboxylic acids is 1. The smallest absolute Gasteiger partial charge is 0.398 e. The minimum absolute atomic E-state index is 0.0179. The number of ether oxygens (including phenoxy) is 1. The molecule has 0 radical (unpaired) electrons. The molecule has 1 amide bonds. The minimum atomic E-state index is -2.68. The Morgan fingerprint density at radius 3 is 2.33 bits per heavy atom. The maximum atomic E-state index is 15.5. The minimum Gasteiger partial charge on any atom is -0.398 e. The number of nitrogens with two attached hydrogens (primary N) is 1. The van der Waals surface area contributed by atoms with Crippen LogP contribution < -0.4 is 22.5 Å². The molecule has 3 aromatic carbocycles. The average Bonchev–Trinajstić information content (AvgIpc) is 3.75. The summed E-state index contributed by atoms with van der Waals surface area (Å²) in [6.45, 7) is 12.4. The van der Waals surface area contributed by atoms with Gasteiger partial charge in [-0.3, -0.25) is 23.4 Å². The van der Waals surface area contributed by atoms with Crippen molar-refractivity contribution in [1.82, 2.24) is 38.5 Å². The Morgan fingerprint density at radius 2 is 1.68 bits per heavy atom. The zero-order valence-corrected chi connectivity index (χ0v) is 36.9. The number of aryl methyl sites for hydroxylation is 2. The van der Waals surface area contributed by atoms with Crippen molar-refractivity contribution in [2.45, 2.75) is 70.9 Å². The van der Waals surface area contributed by atoms with E-state index in [1.54, 1.807) is 74.6 Å². The van der Waals surface area contributed by atoms with Gasteiger partial charge in [0.05, 0.1) is 23.1 Å². The van der Waals surface area contributed by atoms with Gasteiger partial charge in [-0.2, -0.15) is 5.10 Å². The summed E-state index contributed by atoms with van der Waals surface area (Å²) in [4.78, 5) is 47.1. The molecule has 2 fully saturated rings. The van der Waals surface area contributed by atoms with Crippen LogP contribution in [-0.2, 0) is 21.3 Å². The van der Waals surface area contributed by atoms with Crippen molar-refractivity contribution in [3.8, 4) is 17.2 Å². The standard InChI is InChI=1S/C46H49FN9O6P/c1-25-19-33(20-26(2)40(25)47)56-41(54-16-15-53(45(54)59)32-8-10-38(34(48)23-32)63(5,6)60)39-28(4)52(14-11-35(39)50-56)42(57)37-22-31-21-30(29-12-17-61-18-13-29)7-9-36(31)55(37)46(24-27(46)3)43-49-44(58)62-51-43/h7-10,15-16,19-23,27-29H,11-14,17-18,24,48H2,1-6H3,(H,49,51,58). The fourth-order valence-electron chi connectivity index (χ4n) is 10.1. The molecule has 0 bridgehead atoms. The first-order chi connectivity index (χ1) is 30.1. The number of rotatable bonds is 8. The molecular formula is C46H49FN9O6P. The van der Waals surface area contributed by atoms with E-state index < -0.39 is 30.2 Å². The highest BCUT2D eigenvalue weighted by atomic mass is 31.2. The first-order valence-electron chi connectivity index (χ1n) is 21.3. The SMILES string of the molecule is Cc1cc(-n2nc3c(c2-n2ccn(-c4ccc(P(C)(C)=O)c(N)c4)c2=O)C(C)N(C(=O)c2cc4cc(C5CCOCC5)ccc4n2C2(c4noc(=O)[nH]4)CC2C)CC3)cc(C)c1F. The molecule has 326 valence electrons. The Bertz CT molecular complexity index is 3150. The second-order valence-corrected chi connectivity index (χ2v) is 21.1. The first kappa shape index (κ1) is 40.8. The molecule has 1 saturated heterocycles. The lowest BCUT2D eigenvalue weighted by Crippen LogP contribution is -2.41. The maximum Gasteiger partial charge on any atom is 0.438 e. The lowest BCUT2D eigenvalue weighted by molar-refractivity contribution is 0.0663. The molecule has 1 saturated carbocycles. The number of aromatic amines is 1. The molecule has 3 atom stereocenters. The number of nitrogens with one attached hydrogen (secondary N) is 1. The summed E-state index contributed by atoms with van der Waals surface area (Å²) < 4.78 is 45.3. The third kappa shape index (κ3) is 6.47. The fourth-order valence-corrected chi connectivity index (χ4v) is 11.3. The van der Waals surface area contributed by atoms with Crippen LogP contribution in [-0.4, -0.2) is 77.5 Å². The Kier molecular flexibility index (Phi) is 9.50. The molecule has 3 aliphatic rings. The van der Waals surface area contributed by atoms with Crippen LogP contribution in [0, 0.1) is 25.6 Å². The van der Waals surface area contributed by atoms with E-state index in [2.05, 4.69) is 35.3 Å². The topological polar surface area (TPSA) is 181 Å². The molecule has 2 aliphatic heterocycles. The quantitative estimate of drug-likeness (QED) is 0.128. The zero-order chi connectivity index (χ0) is 44.3. The molecule has 63 heavy (non-hydrogen) atoms. The van der Waals surface area contributed by atoms with Gasteiger partial charge in [-0.15, -0.1) is 0 Å². The Labute approximate surface area is 361 Å². The van der Waals surface area contributed by atoms with E-state index in [0.29, 0.717) is 101 Å². The number of fused-ring (bicyclic) bond motifs is 2. The number of nitrogens with zero attached hydrogens (tertiary/aromatic N) is 7. The van der Waals surface area contributed by atoms with E-state index in [0.717, 1.165) is 23.7 Å². The number of anilines is 1. The van der Waals surface area contributed by atoms with Gasteiger partial charge in [0.1, 0.15) is 30.0 Å². The lowest BCUT2D eigenvalue weighted by Gasteiger charge is -2.34. The number of amides is 1. The van der Waals surface area contributed by atoms with Gasteiger partial charge < -0.3 is 24.5 Å². The third-order valence-corrected chi connectivity index (χ3v) is 15.1. The molecule has 4 aromatic heterocycles. The number of carbonyl (C=O) groups is 1. The van der Waals surface area contributed by atoms with Gasteiger partial charge in [0.15, 0.2) is 5.82 Å². The number of halogens is 1. The number of imidazole rings is 1. The lowest BCUT2D eigenvalue weighted by atomic mass is 9.91. The second kappa shape index (κ2) is 14.7. The van der Waals surface area contributed by atoms with Crippen LogP contribution in [0.5, 0.6) is 0 Å². The largest absolute Gasteiger partial charge is 0.438 e. The van der Waals surface area contributed by atoms with Crippen LogP contribution in [0.1, 0.15) is 89.3 Å². The molecule has 1 aliphatic carbocycles. The summed E-state index contributed by atoms with van der Waals surface area (Å²) in [5, 5.41) is 10.7. The van der Waals surface area contributed by atoms with Gasteiger partial charge in [-0.1, -0.05) is 18.1 Å². The van der Waals surface area contributed by atoms with Crippen molar-refractivity contribution in [2.75, 3.05) is 38.8 Å². The number of hydrogen-bond donors (Lipinski definition) is 2. The predicted molar refractivity (Wildman–Crippen MR) is 237 cm³/mol. The number of nitrogen functional groups attached to an aromatic ring is 1. The summed E-state index contributed by atoms with van der Waals surface area (Å²) in [6, 6.07) is 16.1. The van der Waals surface area contributed by atoms with E-state index in [1.165, 1.54) is 14.7 Å². The number of hydrogen-bond acceptors (Lipinski definition) is 9. The van der Waals surface area contributed by atoms with Crippen molar-refractivity contribution in [3.63, 3.8) is 0 Å². The van der Waals surface area contributed by atoms with E-state index in [9.17, 15) is 14.2 Å². The number of benzene rings is 3. The van der Waals surface area contributed by atoms with Gasteiger partial charge in [0, 0.05) is 66.0 Å². The normalized spacial score (nSPS) is 20.4. The van der Waals surface area contributed by atoms with Crippen LogP contribution in [0.25, 0.3) is 28.1 Å². The Morgan fingerprint density at radius 1 is 0.968 bits per heavy atom. The molecule has 0 spiro atoms. The van der Waals surface area contributed by atoms with Crippen molar-refractivity contribution in [3.05, 3.63) is 133 Å². The van der Waals surface area contributed by atoms with Crippen molar-refractivity contribution < 1.29 is 23.0 Å². The molecular weight excluding hydrogens is 825 g/mol. The Balaban J connectivity index is 1.12. The van der Waals surface area contributed by atoms with Gasteiger partial charge in [-0.25, -0.2) is 18.7 Å². The molecule has 7 aromatic rings. The molecule has 10 rings (SSSR count). The second-order valence-electron chi connectivity index (χ2n) is 17.9. The summed E-state index contributed by atoms with van der Waals surface area (Å²) >= 11 is 0. The first-order valence-corrected chi connectivity index (χ1v) is 23.9. The van der Waals surface area contributed by atoms with Gasteiger partial charge in [0.2, 0.25) is 0 Å². The van der Waals surface area contributed by atoms with Gasteiger partial charge in [0.25, 0.3) is 5.91 Å². The molecule has 3 N–H and O–H groups in total. The number of aromatic nitrogens is 7. The summed E-state index contributed by atoms with van der Waals surface area (Å²) in [5.74, 6) is -0.113. The van der Waals surface area contributed by atoms with Crippen LogP contribution in [0.3, 0.4) is 0 Å². The van der Waals surface area contributed by atoms with Crippen LogP contribution >= 0.6 is 7.14 Å². The van der Waals surface area contributed by atoms with E-state index in [4.69, 9.17) is 20.1 Å². The molecule has 3 unspecified atom stereocenters. The van der Waals surface area contributed by atoms with Gasteiger partial charge in [-0.05, 0) is 130 Å². The maximum absolute atomic E-state index is 15.5. The molecule has 17 heteroatoms. The molecule has 15 nitrogen and oxygen atoms in total.